The Morgan fingerprint density at radius 2 is 2.00 bits per heavy atom. The summed E-state index contributed by atoms with van der Waals surface area (Å²) in [4.78, 5) is 44.6. The molecule has 3 N–H and O–H groups in total. The van der Waals surface area contributed by atoms with Crippen molar-refractivity contribution >= 4 is 17.2 Å². The largest absolute Gasteiger partial charge is 0.354 e. The summed E-state index contributed by atoms with van der Waals surface area (Å²) in [6, 6.07) is 12.5. The van der Waals surface area contributed by atoms with Crippen LogP contribution in [-0.2, 0) is 24.2 Å². The lowest BCUT2D eigenvalue weighted by molar-refractivity contribution is -0.121. The monoisotopic (exact) mass is 438 g/mol. The normalized spacial score (nSPS) is 14.7. The van der Waals surface area contributed by atoms with Crippen molar-refractivity contribution in [2.24, 2.45) is 0 Å². The topological polar surface area (TPSA) is 98.1 Å². The lowest BCUT2D eigenvalue weighted by atomic mass is 10.0. The summed E-state index contributed by atoms with van der Waals surface area (Å²) in [6.45, 7) is 4.00. The fraction of sp³-hybridized carbons (Fsp3) is 0.348. The third kappa shape index (κ3) is 5.03. The highest BCUT2D eigenvalue weighted by atomic mass is 32.1. The molecule has 1 atom stereocenters. The summed E-state index contributed by atoms with van der Waals surface area (Å²) in [5.74, 6) is -0.112. The quantitative estimate of drug-likeness (QED) is 0.527. The number of carbonyl (C=O) groups excluding carboxylic acids is 1. The Kier molecular flexibility index (Phi) is 6.48. The van der Waals surface area contributed by atoms with Gasteiger partial charge >= 0.3 is 5.69 Å². The second-order valence-corrected chi connectivity index (χ2v) is 8.83. The number of thiophene rings is 1. The summed E-state index contributed by atoms with van der Waals surface area (Å²) in [5.41, 5.74) is 2.53. The number of fused-ring (bicyclic) bond motifs is 1. The molecule has 8 heteroatoms. The number of aromatic amines is 2. The van der Waals surface area contributed by atoms with Crippen LogP contribution in [0.2, 0.25) is 0 Å². The molecular weight excluding hydrogens is 412 g/mol. The minimum atomic E-state index is -0.531. The van der Waals surface area contributed by atoms with Crippen molar-refractivity contribution in [2.45, 2.75) is 38.8 Å². The first-order chi connectivity index (χ1) is 15.0. The molecule has 1 aliphatic heterocycles. The second-order valence-electron chi connectivity index (χ2n) is 7.83. The first-order valence-corrected chi connectivity index (χ1v) is 11.3. The number of benzene rings is 1. The van der Waals surface area contributed by atoms with Gasteiger partial charge in [-0.25, -0.2) is 4.79 Å². The molecule has 31 heavy (non-hydrogen) atoms. The predicted octanol–water partition coefficient (Wildman–Crippen LogP) is 2.28. The average molecular weight is 439 g/mol. The van der Waals surface area contributed by atoms with Gasteiger partial charge in [-0.3, -0.25) is 19.5 Å². The number of H-pyrrole nitrogens is 2. The molecule has 0 spiro atoms. The maximum Gasteiger partial charge on any atom is 0.325 e. The van der Waals surface area contributed by atoms with Crippen molar-refractivity contribution in [2.75, 3.05) is 13.1 Å². The van der Waals surface area contributed by atoms with Gasteiger partial charge in [0.1, 0.15) is 0 Å². The fourth-order valence-electron chi connectivity index (χ4n) is 4.13. The average Bonchev–Trinajstić information content (AvgIpc) is 3.22. The van der Waals surface area contributed by atoms with Gasteiger partial charge in [0.2, 0.25) is 5.91 Å². The summed E-state index contributed by atoms with van der Waals surface area (Å²) in [5, 5.41) is 5.20. The summed E-state index contributed by atoms with van der Waals surface area (Å²) < 4.78 is 0. The third-order valence-corrected chi connectivity index (χ3v) is 6.83. The number of hydrogen-bond donors (Lipinski definition) is 3. The van der Waals surface area contributed by atoms with Crippen LogP contribution in [0.4, 0.5) is 0 Å². The van der Waals surface area contributed by atoms with Gasteiger partial charge in [0, 0.05) is 42.2 Å². The van der Waals surface area contributed by atoms with Gasteiger partial charge in [-0.15, -0.1) is 11.3 Å². The Hall–Kier alpha value is -2.97. The SMILES string of the molecule is Cc1[nH]c(=O)[nH]c(=O)c1CCC(=O)NCC(c1ccccc1)N1CCc2sccc2C1. The van der Waals surface area contributed by atoms with Gasteiger partial charge < -0.3 is 10.3 Å². The fourth-order valence-corrected chi connectivity index (χ4v) is 5.02. The molecule has 162 valence electrons. The molecule has 0 saturated heterocycles. The zero-order chi connectivity index (χ0) is 21.8. The summed E-state index contributed by atoms with van der Waals surface area (Å²) in [6.07, 6.45) is 1.49. The molecule has 1 amide bonds. The number of carbonyl (C=O) groups is 1. The van der Waals surface area contributed by atoms with Crippen LogP contribution in [0.5, 0.6) is 0 Å². The Bertz CT molecular complexity index is 1170. The smallest absolute Gasteiger partial charge is 0.325 e. The lowest BCUT2D eigenvalue weighted by Gasteiger charge is -2.35. The van der Waals surface area contributed by atoms with Crippen molar-refractivity contribution < 1.29 is 4.79 Å². The van der Waals surface area contributed by atoms with Crippen LogP contribution in [0.1, 0.15) is 39.7 Å². The Morgan fingerprint density at radius 1 is 1.19 bits per heavy atom. The zero-order valence-corrected chi connectivity index (χ0v) is 18.3. The molecule has 1 aliphatic rings. The minimum absolute atomic E-state index is 0.0800. The maximum absolute atomic E-state index is 12.6. The molecule has 3 heterocycles. The van der Waals surface area contributed by atoms with Crippen molar-refractivity contribution in [1.29, 1.82) is 0 Å². The Labute approximate surface area is 184 Å². The molecule has 0 saturated carbocycles. The van der Waals surface area contributed by atoms with Gasteiger partial charge in [0.05, 0.1) is 6.04 Å². The van der Waals surface area contributed by atoms with Crippen LogP contribution in [-0.4, -0.2) is 33.9 Å². The van der Waals surface area contributed by atoms with Gasteiger partial charge in [-0.1, -0.05) is 30.3 Å². The number of amides is 1. The number of nitrogens with zero attached hydrogens (tertiary/aromatic N) is 1. The van der Waals surface area contributed by atoms with E-state index in [9.17, 15) is 14.4 Å². The number of hydrogen-bond acceptors (Lipinski definition) is 5. The molecule has 0 radical (unpaired) electrons. The summed E-state index contributed by atoms with van der Waals surface area (Å²) in [7, 11) is 0. The maximum atomic E-state index is 12.6. The zero-order valence-electron chi connectivity index (χ0n) is 17.4. The van der Waals surface area contributed by atoms with E-state index in [1.165, 1.54) is 16.0 Å². The molecule has 2 aromatic heterocycles. The van der Waals surface area contributed by atoms with Crippen molar-refractivity contribution in [3.8, 4) is 0 Å². The Morgan fingerprint density at radius 3 is 2.77 bits per heavy atom. The van der Waals surface area contributed by atoms with Crippen molar-refractivity contribution in [3.05, 3.63) is 89.9 Å². The molecule has 0 fully saturated rings. The summed E-state index contributed by atoms with van der Waals surface area (Å²) >= 11 is 1.81. The molecule has 1 unspecified atom stereocenters. The van der Waals surface area contributed by atoms with E-state index in [4.69, 9.17) is 0 Å². The van der Waals surface area contributed by atoms with Crippen LogP contribution in [0.25, 0.3) is 0 Å². The molecule has 0 bridgehead atoms. The lowest BCUT2D eigenvalue weighted by Crippen LogP contribution is -2.40. The Balaban J connectivity index is 1.41. The van der Waals surface area contributed by atoms with Crippen LogP contribution in [0.3, 0.4) is 0 Å². The highest BCUT2D eigenvalue weighted by molar-refractivity contribution is 7.10. The highest BCUT2D eigenvalue weighted by Crippen LogP contribution is 2.30. The number of nitrogens with one attached hydrogen (secondary N) is 3. The molecule has 3 aromatic rings. The van der Waals surface area contributed by atoms with E-state index in [0.717, 1.165) is 19.5 Å². The van der Waals surface area contributed by atoms with Crippen LogP contribution >= 0.6 is 11.3 Å². The van der Waals surface area contributed by atoms with Crippen LogP contribution < -0.4 is 16.6 Å². The molecule has 1 aromatic carbocycles. The van der Waals surface area contributed by atoms with Gasteiger partial charge in [0.15, 0.2) is 0 Å². The molecule has 7 nitrogen and oxygen atoms in total. The van der Waals surface area contributed by atoms with E-state index in [1.54, 1.807) is 6.92 Å². The number of aryl methyl sites for hydroxylation is 1. The van der Waals surface area contributed by atoms with E-state index in [2.05, 4.69) is 43.8 Å². The second kappa shape index (κ2) is 9.45. The first kappa shape index (κ1) is 21.3. The predicted molar refractivity (Wildman–Crippen MR) is 121 cm³/mol. The van der Waals surface area contributed by atoms with Crippen molar-refractivity contribution in [3.63, 3.8) is 0 Å². The van der Waals surface area contributed by atoms with Gasteiger partial charge in [-0.2, -0.15) is 0 Å². The van der Waals surface area contributed by atoms with Crippen LogP contribution in [0, 0.1) is 6.92 Å². The van der Waals surface area contributed by atoms with E-state index in [-0.39, 0.29) is 24.8 Å². The van der Waals surface area contributed by atoms with E-state index >= 15 is 0 Å². The first-order valence-electron chi connectivity index (χ1n) is 10.4. The standard InChI is InChI=1S/C23H26N4O3S/c1-15-18(22(29)26-23(30)25-15)7-8-21(28)24-13-19(16-5-3-2-4-6-16)27-11-9-20-17(14-27)10-12-31-20/h2-6,10,12,19H,7-9,11,13-14H2,1H3,(H,24,28)(H2,25,26,29,30). The van der Waals surface area contributed by atoms with Gasteiger partial charge in [-0.05, 0) is 42.3 Å². The van der Waals surface area contributed by atoms with E-state index < -0.39 is 11.2 Å². The molecule has 0 aliphatic carbocycles. The number of rotatable bonds is 7. The molecular formula is C23H26N4O3S. The van der Waals surface area contributed by atoms with Gasteiger partial charge in [0.25, 0.3) is 5.56 Å². The highest BCUT2D eigenvalue weighted by Gasteiger charge is 2.25. The third-order valence-electron chi connectivity index (χ3n) is 5.81. The van der Waals surface area contributed by atoms with Crippen LogP contribution in [0.15, 0.2) is 51.4 Å². The molecule has 4 rings (SSSR count). The van der Waals surface area contributed by atoms with Crippen molar-refractivity contribution in [1.82, 2.24) is 20.2 Å². The van der Waals surface area contributed by atoms with E-state index in [0.29, 0.717) is 17.8 Å². The van der Waals surface area contributed by atoms with E-state index in [1.807, 2.05) is 29.5 Å². The minimum Gasteiger partial charge on any atom is -0.354 e. The number of aromatic nitrogens is 2.